The zero-order valence-corrected chi connectivity index (χ0v) is 11.9. The standard InChI is InChI=1S/C14H14FNO3S/c1-8(2)13-16-9(7-20-13)6-19-12-10(14(17)18)4-3-5-11(12)15/h3-5,7-8H,6H2,1-2H3,(H,17,18). The van der Waals surface area contributed by atoms with Crippen molar-refractivity contribution < 1.29 is 19.0 Å². The number of thiazole rings is 1. The first-order valence-electron chi connectivity index (χ1n) is 6.08. The second kappa shape index (κ2) is 6.00. The number of aromatic nitrogens is 1. The monoisotopic (exact) mass is 295 g/mol. The van der Waals surface area contributed by atoms with E-state index >= 15 is 0 Å². The smallest absolute Gasteiger partial charge is 0.339 e. The molecule has 1 aromatic heterocycles. The fourth-order valence-electron chi connectivity index (χ4n) is 1.62. The predicted octanol–water partition coefficient (Wildman–Crippen LogP) is 3.68. The molecule has 0 unspecified atom stereocenters. The van der Waals surface area contributed by atoms with Gasteiger partial charge in [0, 0.05) is 11.3 Å². The van der Waals surface area contributed by atoms with Crippen LogP contribution in [-0.4, -0.2) is 16.1 Å². The average Bonchev–Trinajstić information content (AvgIpc) is 2.86. The summed E-state index contributed by atoms with van der Waals surface area (Å²) in [4.78, 5) is 15.4. The third-order valence-electron chi connectivity index (χ3n) is 2.63. The van der Waals surface area contributed by atoms with Crippen molar-refractivity contribution in [2.75, 3.05) is 0 Å². The molecule has 0 atom stereocenters. The first-order valence-corrected chi connectivity index (χ1v) is 6.96. The molecule has 0 saturated carbocycles. The van der Waals surface area contributed by atoms with Crippen LogP contribution in [0.5, 0.6) is 5.75 Å². The normalized spacial score (nSPS) is 10.8. The van der Waals surface area contributed by atoms with E-state index in [1.807, 2.05) is 19.2 Å². The first-order chi connectivity index (χ1) is 9.49. The van der Waals surface area contributed by atoms with Crippen molar-refractivity contribution in [3.63, 3.8) is 0 Å². The number of carboxylic acid groups (broad SMARTS) is 1. The summed E-state index contributed by atoms with van der Waals surface area (Å²) in [5.41, 5.74) is 0.475. The molecule has 0 aliphatic heterocycles. The molecule has 20 heavy (non-hydrogen) atoms. The molecule has 1 heterocycles. The van der Waals surface area contributed by atoms with Gasteiger partial charge < -0.3 is 9.84 Å². The van der Waals surface area contributed by atoms with Gasteiger partial charge in [0.15, 0.2) is 11.6 Å². The van der Waals surface area contributed by atoms with Crippen LogP contribution in [-0.2, 0) is 6.61 Å². The van der Waals surface area contributed by atoms with Gasteiger partial charge in [-0.3, -0.25) is 0 Å². The molecule has 106 valence electrons. The predicted molar refractivity (Wildman–Crippen MR) is 73.9 cm³/mol. The average molecular weight is 295 g/mol. The van der Waals surface area contributed by atoms with Gasteiger partial charge in [0.2, 0.25) is 0 Å². The van der Waals surface area contributed by atoms with Crippen molar-refractivity contribution in [2.45, 2.75) is 26.4 Å². The van der Waals surface area contributed by atoms with Gasteiger partial charge in [-0.1, -0.05) is 19.9 Å². The molecule has 1 N–H and O–H groups in total. The largest absolute Gasteiger partial charge is 0.483 e. The minimum absolute atomic E-state index is 0.0461. The SMILES string of the molecule is CC(C)c1nc(COc2c(F)cccc2C(=O)O)cs1. The highest BCUT2D eigenvalue weighted by molar-refractivity contribution is 7.09. The molecule has 2 rings (SSSR count). The first kappa shape index (κ1) is 14.5. The van der Waals surface area contributed by atoms with E-state index in [-0.39, 0.29) is 17.9 Å². The van der Waals surface area contributed by atoms with Crippen LogP contribution in [0.3, 0.4) is 0 Å². The summed E-state index contributed by atoms with van der Waals surface area (Å²) in [7, 11) is 0. The highest BCUT2D eigenvalue weighted by Gasteiger charge is 2.16. The van der Waals surface area contributed by atoms with E-state index in [2.05, 4.69) is 4.98 Å². The third kappa shape index (κ3) is 3.14. The molecule has 0 saturated heterocycles. The molecule has 0 radical (unpaired) electrons. The highest BCUT2D eigenvalue weighted by atomic mass is 32.1. The fraction of sp³-hybridized carbons (Fsp3) is 0.286. The van der Waals surface area contributed by atoms with E-state index in [9.17, 15) is 9.18 Å². The van der Waals surface area contributed by atoms with Gasteiger partial charge in [-0.15, -0.1) is 11.3 Å². The molecule has 1 aromatic carbocycles. The van der Waals surface area contributed by atoms with E-state index in [1.54, 1.807) is 0 Å². The zero-order chi connectivity index (χ0) is 14.7. The third-order valence-corrected chi connectivity index (χ3v) is 3.82. The highest BCUT2D eigenvalue weighted by Crippen LogP contribution is 2.25. The van der Waals surface area contributed by atoms with Crippen molar-refractivity contribution in [2.24, 2.45) is 0 Å². The van der Waals surface area contributed by atoms with Crippen molar-refractivity contribution >= 4 is 17.3 Å². The number of rotatable bonds is 5. The number of aromatic carboxylic acids is 1. The van der Waals surface area contributed by atoms with Gasteiger partial charge >= 0.3 is 5.97 Å². The summed E-state index contributed by atoms with van der Waals surface area (Å²) in [6, 6.07) is 3.81. The number of benzene rings is 1. The Morgan fingerprint density at radius 2 is 2.25 bits per heavy atom. The number of nitrogens with zero attached hydrogens (tertiary/aromatic N) is 1. The van der Waals surface area contributed by atoms with E-state index in [4.69, 9.17) is 9.84 Å². The zero-order valence-electron chi connectivity index (χ0n) is 11.1. The van der Waals surface area contributed by atoms with Crippen molar-refractivity contribution in [1.29, 1.82) is 0 Å². The van der Waals surface area contributed by atoms with E-state index in [0.29, 0.717) is 11.6 Å². The van der Waals surface area contributed by atoms with Crippen LogP contribution in [0.4, 0.5) is 4.39 Å². The lowest BCUT2D eigenvalue weighted by Crippen LogP contribution is -2.05. The van der Waals surface area contributed by atoms with Crippen LogP contribution in [0, 0.1) is 5.82 Å². The number of hydrogen-bond acceptors (Lipinski definition) is 4. The fourth-order valence-corrected chi connectivity index (χ4v) is 2.44. The summed E-state index contributed by atoms with van der Waals surface area (Å²) in [6.07, 6.45) is 0. The summed E-state index contributed by atoms with van der Waals surface area (Å²) >= 11 is 1.51. The van der Waals surface area contributed by atoms with Gasteiger partial charge in [-0.05, 0) is 12.1 Å². The van der Waals surface area contributed by atoms with Gasteiger partial charge in [0.05, 0.1) is 10.7 Å². The number of para-hydroxylation sites is 1. The van der Waals surface area contributed by atoms with Crippen LogP contribution in [0.2, 0.25) is 0 Å². The van der Waals surface area contributed by atoms with Gasteiger partial charge in [-0.2, -0.15) is 0 Å². The number of ether oxygens (including phenoxy) is 1. The number of carbonyl (C=O) groups is 1. The van der Waals surface area contributed by atoms with E-state index < -0.39 is 11.8 Å². The molecule has 4 nitrogen and oxygen atoms in total. The van der Waals surface area contributed by atoms with Gasteiger partial charge in [0.25, 0.3) is 0 Å². The number of halogens is 1. The second-order valence-corrected chi connectivity index (χ2v) is 5.43. The lowest BCUT2D eigenvalue weighted by atomic mass is 10.2. The van der Waals surface area contributed by atoms with Crippen molar-refractivity contribution in [3.05, 3.63) is 45.7 Å². The molecular formula is C14H14FNO3S. The molecule has 6 heteroatoms. The van der Waals surface area contributed by atoms with Crippen LogP contribution >= 0.6 is 11.3 Å². The topological polar surface area (TPSA) is 59.4 Å². The summed E-state index contributed by atoms with van der Waals surface area (Å²) in [6.45, 7) is 4.11. The van der Waals surface area contributed by atoms with Crippen LogP contribution in [0.1, 0.15) is 40.8 Å². The maximum absolute atomic E-state index is 13.6. The van der Waals surface area contributed by atoms with Gasteiger partial charge in [0.1, 0.15) is 12.2 Å². The van der Waals surface area contributed by atoms with Gasteiger partial charge in [-0.25, -0.2) is 14.2 Å². The van der Waals surface area contributed by atoms with E-state index in [1.165, 1.54) is 29.5 Å². The molecule has 2 aromatic rings. The Labute approximate surface area is 119 Å². The molecule has 0 amide bonds. The Kier molecular flexibility index (Phi) is 4.34. The summed E-state index contributed by atoms with van der Waals surface area (Å²) in [5.74, 6) is -1.85. The number of hydrogen-bond donors (Lipinski definition) is 1. The molecule has 0 spiro atoms. The maximum Gasteiger partial charge on any atom is 0.339 e. The quantitative estimate of drug-likeness (QED) is 0.914. The minimum Gasteiger partial charge on any atom is -0.483 e. The van der Waals surface area contributed by atoms with E-state index in [0.717, 1.165) is 5.01 Å². The van der Waals surface area contributed by atoms with Crippen LogP contribution in [0.25, 0.3) is 0 Å². The van der Waals surface area contributed by atoms with Crippen LogP contribution < -0.4 is 4.74 Å². The molecular weight excluding hydrogens is 281 g/mol. The molecule has 0 fully saturated rings. The molecule has 0 aliphatic rings. The Hall–Kier alpha value is -1.95. The second-order valence-electron chi connectivity index (χ2n) is 4.54. The number of carboxylic acids is 1. The molecule has 0 bridgehead atoms. The van der Waals surface area contributed by atoms with Crippen molar-refractivity contribution in [1.82, 2.24) is 4.98 Å². The van der Waals surface area contributed by atoms with Crippen LogP contribution in [0.15, 0.2) is 23.6 Å². The Morgan fingerprint density at radius 3 is 2.85 bits per heavy atom. The van der Waals surface area contributed by atoms with Crippen molar-refractivity contribution in [3.8, 4) is 5.75 Å². The Bertz CT molecular complexity index is 625. The Morgan fingerprint density at radius 1 is 1.50 bits per heavy atom. The Balaban J connectivity index is 2.16. The molecule has 0 aliphatic carbocycles. The summed E-state index contributed by atoms with van der Waals surface area (Å²) in [5, 5.41) is 11.8. The summed E-state index contributed by atoms with van der Waals surface area (Å²) < 4.78 is 18.9. The lowest BCUT2D eigenvalue weighted by molar-refractivity contribution is 0.0690. The minimum atomic E-state index is -1.22. The maximum atomic E-state index is 13.6. The lowest BCUT2D eigenvalue weighted by Gasteiger charge is -2.08.